The first-order valence-corrected chi connectivity index (χ1v) is 6.32. The monoisotopic (exact) mass is 363 g/mol. The molecule has 2 N–H and O–H groups in total. The molecule has 0 atom stereocenters. The molecule has 0 radical (unpaired) electrons. The van der Waals surface area contributed by atoms with E-state index < -0.39 is 17.8 Å². The van der Waals surface area contributed by atoms with Crippen molar-refractivity contribution in [3.05, 3.63) is 34.4 Å². The van der Waals surface area contributed by atoms with E-state index in [4.69, 9.17) is 15.2 Å². The highest BCUT2D eigenvalue weighted by Gasteiger charge is 2.33. The van der Waals surface area contributed by atoms with Crippen molar-refractivity contribution < 1.29 is 22.6 Å². The van der Waals surface area contributed by atoms with Crippen LogP contribution in [0.25, 0.3) is 0 Å². The fourth-order valence-electron chi connectivity index (χ4n) is 1.44. The van der Waals surface area contributed by atoms with Crippen LogP contribution in [0.1, 0.15) is 5.69 Å². The van der Waals surface area contributed by atoms with Crippen molar-refractivity contribution in [1.82, 2.24) is 9.97 Å². The van der Waals surface area contributed by atoms with Crippen molar-refractivity contribution in [3.8, 4) is 17.4 Å². The summed E-state index contributed by atoms with van der Waals surface area (Å²) in [7, 11) is 1.49. The maximum absolute atomic E-state index is 12.6. The standard InChI is InChI=1S/C12H9BrF3N3O2/c1-20-6-2-3-8(7(13)4-6)21-10-5-9(12(14,15)16)18-11(17)19-10/h2-5H,1H3,(H2,17,18,19). The van der Waals surface area contributed by atoms with Gasteiger partial charge in [0.2, 0.25) is 11.8 Å². The number of ether oxygens (including phenoxy) is 2. The van der Waals surface area contributed by atoms with Gasteiger partial charge in [-0.3, -0.25) is 0 Å². The Morgan fingerprint density at radius 1 is 1.19 bits per heavy atom. The van der Waals surface area contributed by atoms with Gasteiger partial charge in [-0.1, -0.05) is 0 Å². The number of rotatable bonds is 3. The van der Waals surface area contributed by atoms with Crippen molar-refractivity contribution in [2.45, 2.75) is 6.18 Å². The van der Waals surface area contributed by atoms with Crippen LogP contribution in [0.15, 0.2) is 28.7 Å². The average Bonchev–Trinajstić information content (AvgIpc) is 2.39. The molecule has 1 aromatic carbocycles. The van der Waals surface area contributed by atoms with Gasteiger partial charge in [0, 0.05) is 6.07 Å². The lowest BCUT2D eigenvalue weighted by atomic mass is 10.3. The number of hydrogen-bond donors (Lipinski definition) is 1. The van der Waals surface area contributed by atoms with E-state index in [-0.39, 0.29) is 11.6 Å². The Morgan fingerprint density at radius 2 is 1.90 bits per heavy atom. The number of hydrogen-bond acceptors (Lipinski definition) is 5. The molecule has 1 heterocycles. The molecule has 0 aliphatic carbocycles. The van der Waals surface area contributed by atoms with Crippen LogP contribution in [-0.2, 0) is 6.18 Å². The number of nitrogens with two attached hydrogens (primary N) is 1. The molecule has 0 aliphatic rings. The summed E-state index contributed by atoms with van der Waals surface area (Å²) in [5, 5.41) is 0. The summed E-state index contributed by atoms with van der Waals surface area (Å²) in [6.07, 6.45) is -4.63. The molecule has 112 valence electrons. The minimum atomic E-state index is -4.63. The van der Waals surface area contributed by atoms with Crippen molar-refractivity contribution >= 4 is 21.9 Å². The largest absolute Gasteiger partial charge is 0.497 e. The SMILES string of the molecule is COc1ccc(Oc2cc(C(F)(F)F)nc(N)n2)c(Br)c1. The zero-order valence-electron chi connectivity index (χ0n) is 10.6. The summed E-state index contributed by atoms with van der Waals surface area (Å²) < 4.78 is 48.7. The Morgan fingerprint density at radius 3 is 2.48 bits per heavy atom. The van der Waals surface area contributed by atoms with Gasteiger partial charge in [0.05, 0.1) is 11.6 Å². The van der Waals surface area contributed by atoms with Gasteiger partial charge in [0.1, 0.15) is 11.5 Å². The van der Waals surface area contributed by atoms with Gasteiger partial charge in [-0.25, -0.2) is 4.98 Å². The molecule has 9 heteroatoms. The van der Waals surface area contributed by atoms with E-state index in [0.29, 0.717) is 16.3 Å². The molecule has 0 bridgehead atoms. The van der Waals surface area contributed by atoms with Crippen molar-refractivity contribution in [3.63, 3.8) is 0 Å². The highest BCUT2D eigenvalue weighted by atomic mass is 79.9. The molecule has 5 nitrogen and oxygen atoms in total. The van der Waals surface area contributed by atoms with E-state index in [9.17, 15) is 13.2 Å². The van der Waals surface area contributed by atoms with E-state index in [1.807, 2.05) is 0 Å². The topological polar surface area (TPSA) is 70.3 Å². The lowest BCUT2D eigenvalue weighted by Gasteiger charge is -2.11. The number of methoxy groups -OCH3 is 1. The normalized spacial score (nSPS) is 11.3. The van der Waals surface area contributed by atoms with Crippen LogP contribution >= 0.6 is 15.9 Å². The first kappa shape index (κ1) is 15.4. The Hall–Kier alpha value is -2.03. The van der Waals surface area contributed by atoms with E-state index in [1.54, 1.807) is 12.1 Å². The number of aromatic nitrogens is 2. The summed E-state index contributed by atoms with van der Waals surface area (Å²) in [5.74, 6) is -0.000387. The van der Waals surface area contributed by atoms with Crippen LogP contribution in [0.2, 0.25) is 0 Å². The predicted octanol–water partition coefficient (Wildman–Crippen LogP) is 3.64. The van der Waals surface area contributed by atoms with Crippen LogP contribution in [0.5, 0.6) is 17.4 Å². The smallest absolute Gasteiger partial charge is 0.433 e. The zero-order valence-corrected chi connectivity index (χ0v) is 12.2. The average molecular weight is 364 g/mol. The third kappa shape index (κ3) is 3.75. The van der Waals surface area contributed by atoms with E-state index in [0.717, 1.165) is 0 Å². The van der Waals surface area contributed by atoms with Gasteiger partial charge in [-0.2, -0.15) is 18.2 Å². The number of halogens is 4. The van der Waals surface area contributed by atoms with Gasteiger partial charge in [-0.15, -0.1) is 0 Å². The molecule has 0 saturated heterocycles. The number of alkyl halides is 3. The number of nitrogen functional groups attached to an aromatic ring is 1. The molecule has 0 fully saturated rings. The molecular formula is C12H9BrF3N3O2. The summed E-state index contributed by atoms with van der Waals surface area (Å²) >= 11 is 3.22. The molecule has 2 rings (SSSR count). The molecule has 0 saturated carbocycles. The predicted molar refractivity (Wildman–Crippen MR) is 72.2 cm³/mol. The molecule has 21 heavy (non-hydrogen) atoms. The molecule has 0 amide bonds. The van der Waals surface area contributed by atoms with Crippen LogP contribution in [-0.4, -0.2) is 17.1 Å². The molecule has 0 aliphatic heterocycles. The third-order valence-electron chi connectivity index (χ3n) is 2.36. The molecule has 0 spiro atoms. The fourth-order valence-corrected chi connectivity index (χ4v) is 1.88. The first-order chi connectivity index (χ1) is 9.79. The van der Waals surface area contributed by atoms with Crippen LogP contribution in [0.4, 0.5) is 19.1 Å². The first-order valence-electron chi connectivity index (χ1n) is 5.53. The Kier molecular flexibility index (Phi) is 4.21. The van der Waals surface area contributed by atoms with Crippen LogP contribution in [0.3, 0.4) is 0 Å². The maximum Gasteiger partial charge on any atom is 0.433 e. The summed E-state index contributed by atoms with van der Waals surface area (Å²) in [4.78, 5) is 6.75. The summed E-state index contributed by atoms with van der Waals surface area (Å²) in [6, 6.07) is 5.39. The lowest BCUT2D eigenvalue weighted by molar-refractivity contribution is -0.141. The van der Waals surface area contributed by atoms with Crippen LogP contribution in [0, 0.1) is 0 Å². The molecule has 0 unspecified atom stereocenters. The molecule has 1 aromatic heterocycles. The van der Waals surface area contributed by atoms with E-state index in [1.165, 1.54) is 13.2 Å². The Bertz CT molecular complexity index is 665. The van der Waals surface area contributed by atoms with Gasteiger partial charge >= 0.3 is 6.18 Å². The Balaban J connectivity index is 2.33. The van der Waals surface area contributed by atoms with Gasteiger partial charge < -0.3 is 15.2 Å². The van der Waals surface area contributed by atoms with Crippen molar-refractivity contribution in [1.29, 1.82) is 0 Å². The van der Waals surface area contributed by atoms with Crippen molar-refractivity contribution in [2.24, 2.45) is 0 Å². The van der Waals surface area contributed by atoms with Crippen molar-refractivity contribution in [2.75, 3.05) is 12.8 Å². The molecule has 2 aromatic rings. The van der Waals surface area contributed by atoms with Crippen LogP contribution < -0.4 is 15.2 Å². The van der Waals surface area contributed by atoms with Gasteiger partial charge in [-0.05, 0) is 34.1 Å². The molecular weight excluding hydrogens is 355 g/mol. The number of nitrogens with zero attached hydrogens (tertiary/aromatic N) is 2. The maximum atomic E-state index is 12.6. The highest BCUT2D eigenvalue weighted by molar-refractivity contribution is 9.10. The van der Waals surface area contributed by atoms with Gasteiger partial charge in [0.15, 0.2) is 5.69 Å². The lowest BCUT2D eigenvalue weighted by Crippen LogP contribution is -2.11. The third-order valence-corrected chi connectivity index (χ3v) is 2.98. The van der Waals surface area contributed by atoms with Gasteiger partial charge in [0.25, 0.3) is 0 Å². The quantitative estimate of drug-likeness (QED) is 0.901. The number of anilines is 1. The second-order valence-electron chi connectivity index (χ2n) is 3.85. The Labute approximate surface area is 126 Å². The zero-order chi connectivity index (χ0) is 15.6. The second-order valence-corrected chi connectivity index (χ2v) is 4.70. The highest BCUT2D eigenvalue weighted by Crippen LogP contribution is 2.34. The second kappa shape index (κ2) is 5.76. The summed E-state index contributed by atoms with van der Waals surface area (Å²) in [5.41, 5.74) is 4.09. The fraction of sp³-hybridized carbons (Fsp3) is 0.167. The minimum Gasteiger partial charge on any atom is -0.497 e. The number of benzene rings is 1. The van der Waals surface area contributed by atoms with E-state index in [2.05, 4.69) is 25.9 Å². The van der Waals surface area contributed by atoms with E-state index >= 15 is 0 Å². The minimum absolute atomic E-state index is 0.266. The summed E-state index contributed by atoms with van der Waals surface area (Å²) in [6.45, 7) is 0.